The highest BCUT2D eigenvalue weighted by molar-refractivity contribution is 5.33. The van der Waals surface area contributed by atoms with E-state index >= 15 is 0 Å². The van der Waals surface area contributed by atoms with E-state index < -0.39 is 11.7 Å². The maximum absolute atomic E-state index is 12.9. The molecule has 21 heavy (non-hydrogen) atoms. The molecule has 0 heterocycles. The van der Waals surface area contributed by atoms with Gasteiger partial charge in [0.05, 0.1) is 5.56 Å². The van der Waals surface area contributed by atoms with Crippen LogP contribution in [-0.2, 0) is 11.6 Å². The van der Waals surface area contributed by atoms with Gasteiger partial charge in [-0.05, 0) is 36.9 Å². The molecule has 1 nitrogen and oxygen atoms in total. The molecule has 0 saturated heterocycles. The Morgan fingerprint density at radius 1 is 1.19 bits per heavy atom. The third-order valence-corrected chi connectivity index (χ3v) is 4.38. The van der Waals surface area contributed by atoms with Crippen molar-refractivity contribution in [3.63, 3.8) is 0 Å². The van der Waals surface area contributed by atoms with Crippen LogP contribution in [0.2, 0.25) is 0 Å². The molecule has 1 aliphatic carbocycles. The van der Waals surface area contributed by atoms with Crippen LogP contribution in [0.25, 0.3) is 0 Å². The standard InChI is InChI=1S/C17H24F3N/c1-13(2)11-21-12-16(8-3-4-9-16)14-6-5-7-15(10-14)17(18,19)20/h5-7,10,13,21H,3-4,8-9,11-12H2,1-2H3. The summed E-state index contributed by atoms with van der Waals surface area (Å²) in [5, 5.41) is 3.44. The summed E-state index contributed by atoms with van der Waals surface area (Å²) in [7, 11) is 0. The summed E-state index contributed by atoms with van der Waals surface area (Å²) in [4.78, 5) is 0. The molecule has 1 saturated carbocycles. The SMILES string of the molecule is CC(C)CNCC1(c2cccc(C(F)(F)F)c2)CCCC1. The Balaban J connectivity index is 2.22. The van der Waals surface area contributed by atoms with Gasteiger partial charge in [0.2, 0.25) is 0 Å². The zero-order valence-electron chi connectivity index (χ0n) is 12.8. The number of benzene rings is 1. The molecule has 1 aliphatic rings. The van der Waals surface area contributed by atoms with Crippen LogP contribution in [0.3, 0.4) is 0 Å². The Hall–Kier alpha value is -1.03. The van der Waals surface area contributed by atoms with E-state index in [1.807, 2.05) is 6.07 Å². The predicted molar refractivity (Wildman–Crippen MR) is 79.3 cm³/mol. The molecule has 0 spiro atoms. The number of rotatable bonds is 5. The monoisotopic (exact) mass is 299 g/mol. The van der Waals surface area contributed by atoms with Crippen LogP contribution < -0.4 is 5.32 Å². The van der Waals surface area contributed by atoms with Gasteiger partial charge in [-0.1, -0.05) is 44.9 Å². The van der Waals surface area contributed by atoms with E-state index in [-0.39, 0.29) is 5.41 Å². The second-order valence-corrected chi connectivity index (χ2v) is 6.59. The van der Waals surface area contributed by atoms with E-state index in [2.05, 4.69) is 19.2 Å². The maximum Gasteiger partial charge on any atom is 0.416 e. The van der Waals surface area contributed by atoms with Crippen LogP contribution in [-0.4, -0.2) is 13.1 Å². The number of hydrogen-bond donors (Lipinski definition) is 1. The minimum Gasteiger partial charge on any atom is -0.316 e. The predicted octanol–water partition coefficient (Wildman–Crippen LogP) is 4.76. The van der Waals surface area contributed by atoms with Gasteiger partial charge in [-0.3, -0.25) is 0 Å². The molecule has 0 amide bonds. The van der Waals surface area contributed by atoms with Gasteiger partial charge in [-0.25, -0.2) is 0 Å². The molecular formula is C17H24F3N. The van der Waals surface area contributed by atoms with Crippen LogP contribution in [0, 0.1) is 5.92 Å². The summed E-state index contributed by atoms with van der Waals surface area (Å²) in [6.45, 7) is 5.95. The minimum absolute atomic E-state index is 0.129. The summed E-state index contributed by atoms with van der Waals surface area (Å²) in [6, 6.07) is 5.91. The van der Waals surface area contributed by atoms with Crippen LogP contribution in [0.4, 0.5) is 13.2 Å². The number of halogens is 3. The van der Waals surface area contributed by atoms with Gasteiger partial charge in [-0.2, -0.15) is 13.2 Å². The molecule has 0 aromatic heterocycles. The Bertz CT molecular complexity index is 459. The average Bonchev–Trinajstić information content (AvgIpc) is 2.87. The first-order valence-electron chi connectivity index (χ1n) is 7.72. The van der Waals surface area contributed by atoms with E-state index in [4.69, 9.17) is 0 Å². The van der Waals surface area contributed by atoms with Crippen molar-refractivity contribution < 1.29 is 13.2 Å². The highest BCUT2D eigenvalue weighted by Crippen LogP contribution is 2.42. The zero-order valence-corrected chi connectivity index (χ0v) is 12.8. The average molecular weight is 299 g/mol. The second-order valence-electron chi connectivity index (χ2n) is 6.59. The van der Waals surface area contributed by atoms with E-state index in [0.29, 0.717) is 5.92 Å². The molecule has 118 valence electrons. The van der Waals surface area contributed by atoms with Gasteiger partial charge >= 0.3 is 6.18 Å². The Labute approximate surface area is 124 Å². The van der Waals surface area contributed by atoms with Crippen molar-refractivity contribution in [2.24, 2.45) is 5.92 Å². The largest absolute Gasteiger partial charge is 0.416 e. The van der Waals surface area contributed by atoms with Gasteiger partial charge in [0.1, 0.15) is 0 Å². The second kappa shape index (κ2) is 6.39. The molecule has 1 aromatic rings. The Kier molecular flexibility index (Phi) is 4.97. The first-order chi connectivity index (χ1) is 9.83. The first-order valence-corrected chi connectivity index (χ1v) is 7.72. The summed E-state index contributed by atoms with van der Waals surface area (Å²) in [6.07, 6.45) is -0.126. The third kappa shape index (κ3) is 4.00. The Morgan fingerprint density at radius 3 is 2.43 bits per heavy atom. The van der Waals surface area contributed by atoms with Crippen LogP contribution in [0.15, 0.2) is 24.3 Å². The maximum atomic E-state index is 12.9. The molecule has 0 unspecified atom stereocenters. The van der Waals surface area contributed by atoms with Crippen molar-refractivity contribution in [1.29, 1.82) is 0 Å². The lowest BCUT2D eigenvalue weighted by molar-refractivity contribution is -0.137. The number of hydrogen-bond acceptors (Lipinski definition) is 1. The highest BCUT2D eigenvalue weighted by atomic mass is 19.4. The fourth-order valence-corrected chi connectivity index (χ4v) is 3.24. The lowest BCUT2D eigenvalue weighted by atomic mass is 9.78. The fourth-order valence-electron chi connectivity index (χ4n) is 3.24. The smallest absolute Gasteiger partial charge is 0.316 e. The van der Waals surface area contributed by atoms with Crippen molar-refractivity contribution in [1.82, 2.24) is 5.32 Å². The molecule has 1 N–H and O–H groups in total. The Morgan fingerprint density at radius 2 is 1.86 bits per heavy atom. The van der Waals surface area contributed by atoms with Gasteiger partial charge in [-0.15, -0.1) is 0 Å². The van der Waals surface area contributed by atoms with Gasteiger partial charge < -0.3 is 5.32 Å². The fraction of sp³-hybridized carbons (Fsp3) is 0.647. The third-order valence-electron chi connectivity index (χ3n) is 4.38. The summed E-state index contributed by atoms with van der Waals surface area (Å²) < 4.78 is 38.8. The lowest BCUT2D eigenvalue weighted by Gasteiger charge is -2.31. The molecule has 1 fully saturated rings. The molecule has 0 bridgehead atoms. The zero-order chi connectivity index (χ0) is 15.5. The van der Waals surface area contributed by atoms with Gasteiger partial charge in [0, 0.05) is 12.0 Å². The summed E-state index contributed by atoms with van der Waals surface area (Å²) in [5.41, 5.74) is 0.178. The van der Waals surface area contributed by atoms with Crippen LogP contribution in [0.5, 0.6) is 0 Å². The van der Waals surface area contributed by atoms with Crippen molar-refractivity contribution in [2.75, 3.05) is 13.1 Å². The molecule has 2 rings (SSSR count). The topological polar surface area (TPSA) is 12.0 Å². The number of nitrogens with one attached hydrogen (secondary N) is 1. The summed E-state index contributed by atoms with van der Waals surface area (Å²) in [5.74, 6) is 0.546. The van der Waals surface area contributed by atoms with E-state index in [0.717, 1.165) is 50.4 Å². The number of alkyl halides is 3. The molecular weight excluding hydrogens is 275 g/mol. The quantitative estimate of drug-likeness (QED) is 0.826. The van der Waals surface area contributed by atoms with E-state index in [1.54, 1.807) is 6.07 Å². The van der Waals surface area contributed by atoms with Gasteiger partial charge in [0.15, 0.2) is 0 Å². The normalized spacial score (nSPS) is 18.4. The van der Waals surface area contributed by atoms with E-state index in [9.17, 15) is 13.2 Å². The minimum atomic E-state index is -4.26. The van der Waals surface area contributed by atoms with Crippen LogP contribution in [0.1, 0.15) is 50.7 Å². The van der Waals surface area contributed by atoms with Gasteiger partial charge in [0.25, 0.3) is 0 Å². The van der Waals surface area contributed by atoms with Crippen molar-refractivity contribution in [3.05, 3.63) is 35.4 Å². The van der Waals surface area contributed by atoms with Crippen LogP contribution >= 0.6 is 0 Å². The first kappa shape index (κ1) is 16.3. The van der Waals surface area contributed by atoms with Crippen molar-refractivity contribution in [3.8, 4) is 0 Å². The van der Waals surface area contributed by atoms with E-state index in [1.165, 1.54) is 6.07 Å². The van der Waals surface area contributed by atoms with Crippen molar-refractivity contribution in [2.45, 2.75) is 51.1 Å². The van der Waals surface area contributed by atoms with Crippen molar-refractivity contribution >= 4 is 0 Å². The molecule has 0 atom stereocenters. The molecule has 4 heteroatoms. The highest BCUT2D eigenvalue weighted by Gasteiger charge is 2.37. The molecule has 0 radical (unpaired) electrons. The molecule has 1 aromatic carbocycles. The molecule has 0 aliphatic heterocycles. The lowest BCUT2D eigenvalue weighted by Crippen LogP contribution is -2.37. The summed E-state index contributed by atoms with van der Waals surface area (Å²) >= 11 is 0.